The van der Waals surface area contributed by atoms with E-state index in [0.29, 0.717) is 6.42 Å². The average Bonchev–Trinajstić information content (AvgIpc) is 2.08. The highest BCUT2D eigenvalue weighted by Gasteiger charge is 2.25. The Kier molecular flexibility index (Phi) is 5.85. The summed E-state index contributed by atoms with van der Waals surface area (Å²) in [6.07, 6.45) is 0.953. The van der Waals surface area contributed by atoms with Crippen LogP contribution in [0.4, 0.5) is 4.79 Å². The molecule has 0 saturated carbocycles. The second kappa shape index (κ2) is 6.35. The van der Waals surface area contributed by atoms with E-state index in [1.807, 2.05) is 6.92 Å². The lowest BCUT2D eigenvalue weighted by atomic mass is 10.1. The van der Waals surface area contributed by atoms with Gasteiger partial charge in [0.15, 0.2) is 0 Å². The average molecular weight is 231 g/mol. The fourth-order valence-electron chi connectivity index (χ4n) is 1.18. The van der Waals surface area contributed by atoms with Gasteiger partial charge >= 0.3 is 12.1 Å². The van der Waals surface area contributed by atoms with Crippen LogP contribution >= 0.6 is 0 Å². The van der Waals surface area contributed by atoms with Gasteiger partial charge in [-0.15, -0.1) is 0 Å². The number of hydrogen-bond acceptors (Lipinski definition) is 3. The standard InChI is InChI=1S/C11H21NO4/c1-5-6-7-8(12-10(14)15)9(13)16-11(2,3)4/h8,12H,5-7H2,1-4H3,(H,14,15). The molecule has 0 aliphatic carbocycles. The van der Waals surface area contributed by atoms with Gasteiger partial charge in [0.1, 0.15) is 11.6 Å². The normalized spacial score (nSPS) is 13.0. The number of hydrogen-bond donors (Lipinski definition) is 2. The van der Waals surface area contributed by atoms with Crippen molar-refractivity contribution in [3.8, 4) is 0 Å². The molecule has 0 spiro atoms. The lowest BCUT2D eigenvalue weighted by Crippen LogP contribution is -2.43. The van der Waals surface area contributed by atoms with Crippen molar-refractivity contribution in [2.45, 2.75) is 58.6 Å². The number of esters is 1. The van der Waals surface area contributed by atoms with Gasteiger partial charge in [-0.1, -0.05) is 19.8 Å². The Labute approximate surface area is 96.2 Å². The maximum absolute atomic E-state index is 11.7. The lowest BCUT2D eigenvalue weighted by Gasteiger charge is -2.23. The Morgan fingerprint density at radius 2 is 1.94 bits per heavy atom. The molecule has 0 aromatic rings. The van der Waals surface area contributed by atoms with Gasteiger partial charge in [-0.05, 0) is 27.2 Å². The first-order valence-electron chi connectivity index (χ1n) is 5.48. The molecule has 0 heterocycles. The molecule has 0 rings (SSSR count). The van der Waals surface area contributed by atoms with E-state index in [4.69, 9.17) is 9.84 Å². The smallest absolute Gasteiger partial charge is 0.405 e. The van der Waals surface area contributed by atoms with Crippen molar-refractivity contribution >= 4 is 12.1 Å². The molecular formula is C11H21NO4. The molecule has 0 saturated heterocycles. The molecule has 0 fully saturated rings. The van der Waals surface area contributed by atoms with Crippen molar-refractivity contribution in [1.29, 1.82) is 0 Å². The zero-order valence-corrected chi connectivity index (χ0v) is 10.4. The largest absolute Gasteiger partial charge is 0.465 e. The minimum Gasteiger partial charge on any atom is -0.465 e. The van der Waals surface area contributed by atoms with Crippen LogP contribution in [0.3, 0.4) is 0 Å². The third-order valence-electron chi connectivity index (χ3n) is 1.84. The summed E-state index contributed by atoms with van der Waals surface area (Å²) >= 11 is 0. The van der Waals surface area contributed by atoms with Crippen LogP contribution in [-0.4, -0.2) is 28.8 Å². The van der Waals surface area contributed by atoms with Gasteiger partial charge in [0.05, 0.1) is 0 Å². The third-order valence-corrected chi connectivity index (χ3v) is 1.84. The molecule has 1 unspecified atom stereocenters. The Balaban J connectivity index is 4.37. The summed E-state index contributed by atoms with van der Waals surface area (Å²) in [7, 11) is 0. The zero-order valence-electron chi connectivity index (χ0n) is 10.4. The molecule has 0 aliphatic rings. The van der Waals surface area contributed by atoms with Gasteiger partial charge in [0, 0.05) is 0 Å². The van der Waals surface area contributed by atoms with E-state index in [0.717, 1.165) is 12.8 Å². The summed E-state index contributed by atoms with van der Waals surface area (Å²) in [6.45, 7) is 7.24. The molecule has 94 valence electrons. The molecular weight excluding hydrogens is 210 g/mol. The minimum absolute atomic E-state index is 0.470. The molecule has 1 amide bonds. The van der Waals surface area contributed by atoms with Gasteiger partial charge in [0.2, 0.25) is 0 Å². The first kappa shape index (κ1) is 14.7. The first-order valence-corrected chi connectivity index (χ1v) is 5.48. The summed E-state index contributed by atoms with van der Waals surface area (Å²) in [5, 5.41) is 10.8. The molecule has 5 heteroatoms. The second-order valence-corrected chi connectivity index (χ2v) is 4.68. The van der Waals surface area contributed by atoms with Crippen molar-refractivity contribution in [2.75, 3.05) is 0 Å². The molecule has 0 bridgehead atoms. The Hall–Kier alpha value is -1.26. The zero-order chi connectivity index (χ0) is 12.8. The van der Waals surface area contributed by atoms with Crippen LogP contribution in [0, 0.1) is 0 Å². The van der Waals surface area contributed by atoms with Gasteiger partial charge in [-0.2, -0.15) is 0 Å². The van der Waals surface area contributed by atoms with Crippen molar-refractivity contribution in [2.24, 2.45) is 0 Å². The van der Waals surface area contributed by atoms with Crippen molar-refractivity contribution in [3.63, 3.8) is 0 Å². The number of carbonyl (C=O) groups excluding carboxylic acids is 1. The maximum Gasteiger partial charge on any atom is 0.405 e. The van der Waals surface area contributed by atoms with E-state index < -0.39 is 23.7 Å². The second-order valence-electron chi connectivity index (χ2n) is 4.68. The SMILES string of the molecule is CCCCC(NC(=O)O)C(=O)OC(C)(C)C. The fraction of sp³-hybridized carbons (Fsp3) is 0.818. The van der Waals surface area contributed by atoms with Crippen molar-refractivity contribution in [3.05, 3.63) is 0 Å². The molecule has 2 N–H and O–H groups in total. The Morgan fingerprint density at radius 1 is 1.38 bits per heavy atom. The van der Waals surface area contributed by atoms with Crippen LogP contribution in [-0.2, 0) is 9.53 Å². The highest BCUT2D eigenvalue weighted by molar-refractivity contribution is 5.80. The van der Waals surface area contributed by atoms with Crippen LogP contribution in [0.2, 0.25) is 0 Å². The predicted octanol–water partition coefficient (Wildman–Crippen LogP) is 2.15. The first-order chi connectivity index (χ1) is 7.26. The summed E-state index contributed by atoms with van der Waals surface area (Å²) < 4.78 is 5.13. The van der Waals surface area contributed by atoms with Crippen molar-refractivity contribution < 1.29 is 19.4 Å². The summed E-state index contributed by atoms with van der Waals surface area (Å²) in [5.41, 5.74) is -0.596. The molecule has 0 aliphatic heterocycles. The number of nitrogens with one attached hydrogen (secondary N) is 1. The number of carbonyl (C=O) groups is 2. The lowest BCUT2D eigenvalue weighted by molar-refractivity contribution is -0.157. The van der Waals surface area contributed by atoms with Gasteiger partial charge in [0.25, 0.3) is 0 Å². The fourth-order valence-corrected chi connectivity index (χ4v) is 1.18. The summed E-state index contributed by atoms with van der Waals surface area (Å²) in [5.74, 6) is -0.511. The predicted molar refractivity (Wildman–Crippen MR) is 60.3 cm³/mol. The topological polar surface area (TPSA) is 75.6 Å². The van der Waals surface area contributed by atoms with Crippen LogP contribution in [0.5, 0.6) is 0 Å². The van der Waals surface area contributed by atoms with E-state index in [1.165, 1.54) is 0 Å². The van der Waals surface area contributed by atoms with E-state index in [2.05, 4.69) is 5.32 Å². The molecule has 16 heavy (non-hydrogen) atoms. The molecule has 5 nitrogen and oxygen atoms in total. The van der Waals surface area contributed by atoms with Crippen LogP contribution in [0.15, 0.2) is 0 Å². The highest BCUT2D eigenvalue weighted by Crippen LogP contribution is 2.11. The van der Waals surface area contributed by atoms with Gasteiger partial charge < -0.3 is 15.2 Å². The van der Waals surface area contributed by atoms with E-state index in [-0.39, 0.29) is 0 Å². The van der Waals surface area contributed by atoms with Gasteiger partial charge in [-0.3, -0.25) is 0 Å². The number of ether oxygens (including phenoxy) is 1. The Morgan fingerprint density at radius 3 is 2.31 bits per heavy atom. The number of carboxylic acid groups (broad SMARTS) is 1. The summed E-state index contributed by atoms with van der Waals surface area (Å²) in [4.78, 5) is 22.2. The maximum atomic E-state index is 11.7. The highest BCUT2D eigenvalue weighted by atomic mass is 16.6. The third kappa shape index (κ3) is 7.09. The number of rotatable bonds is 5. The molecule has 0 radical (unpaired) electrons. The molecule has 1 atom stereocenters. The van der Waals surface area contributed by atoms with E-state index >= 15 is 0 Å². The number of unbranched alkanes of at least 4 members (excludes halogenated alkanes) is 1. The minimum atomic E-state index is -1.20. The quantitative estimate of drug-likeness (QED) is 0.711. The van der Waals surface area contributed by atoms with Gasteiger partial charge in [-0.25, -0.2) is 9.59 Å². The molecule has 0 aromatic carbocycles. The number of amides is 1. The van der Waals surface area contributed by atoms with E-state index in [9.17, 15) is 9.59 Å². The monoisotopic (exact) mass is 231 g/mol. The Bertz CT molecular complexity index is 245. The van der Waals surface area contributed by atoms with E-state index in [1.54, 1.807) is 20.8 Å². The van der Waals surface area contributed by atoms with Crippen molar-refractivity contribution in [1.82, 2.24) is 5.32 Å². The van der Waals surface area contributed by atoms with Crippen LogP contribution < -0.4 is 5.32 Å². The van der Waals surface area contributed by atoms with Crippen LogP contribution in [0.1, 0.15) is 47.0 Å². The molecule has 0 aromatic heterocycles. The summed E-state index contributed by atoms with van der Waals surface area (Å²) in [6, 6.07) is -0.767. The van der Waals surface area contributed by atoms with Crippen LogP contribution in [0.25, 0.3) is 0 Å².